The van der Waals surface area contributed by atoms with Crippen molar-refractivity contribution in [2.24, 2.45) is 0 Å². The van der Waals surface area contributed by atoms with Crippen molar-refractivity contribution >= 4 is 49.6 Å². The third-order valence-corrected chi connectivity index (χ3v) is 6.64. The summed E-state index contributed by atoms with van der Waals surface area (Å²) in [5.41, 5.74) is 6.08. The van der Waals surface area contributed by atoms with Crippen molar-refractivity contribution in [2.75, 3.05) is 0 Å². The van der Waals surface area contributed by atoms with Crippen molar-refractivity contribution in [3.05, 3.63) is 109 Å². The zero-order valence-electron chi connectivity index (χ0n) is 19.5. The summed E-state index contributed by atoms with van der Waals surface area (Å²) in [5.74, 6) is -1.01. The summed E-state index contributed by atoms with van der Waals surface area (Å²) in [7, 11) is 0. The molecule has 0 aliphatic heterocycles. The van der Waals surface area contributed by atoms with Crippen LogP contribution in [0.2, 0.25) is 0 Å². The van der Waals surface area contributed by atoms with E-state index in [9.17, 15) is 9.90 Å². The minimum Gasteiger partial charge on any atom is -0.478 e. The number of benzene rings is 3. The van der Waals surface area contributed by atoms with Crippen molar-refractivity contribution in [3.63, 3.8) is 0 Å². The number of hydrogen-bond donors (Lipinski definition) is 1. The fraction of sp³-hybridized carbons (Fsp3) is 0. The second-order valence-electron chi connectivity index (χ2n) is 8.92. The van der Waals surface area contributed by atoms with Crippen LogP contribution in [0.1, 0.15) is 10.4 Å². The van der Waals surface area contributed by atoms with E-state index in [1.54, 1.807) is 24.5 Å². The van der Waals surface area contributed by atoms with E-state index < -0.39 is 5.97 Å². The molecule has 3 aromatic carbocycles. The molecule has 37 heavy (non-hydrogen) atoms. The molecular weight excluding hydrogens is 460 g/mol. The van der Waals surface area contributed by atoms with Crippen molar-refractivity contribution in [2.45, 2.75) is 0 Å². The van der Waals surface area contributed by atoms with Gasteiger partial charge in [-0.15, -0.1) is 0 Å². The first-order valence-electron chi connectivity index (χ1n) is 11.8. The molecule has 6 heteroatoms. The minimum atomic E-state index is -1.01. The van der Waals surface area contributed by atoms with E-state index in [1.807, 2.05) is 78.9 Å². The molecule has 0 aliphatic rings. The average molecular weight is 479 g/mol. The van der Waals surface area contributed by atoms with Gasteiger partial charge in [-0.1, -0.05) is 48.5 Å². The van der Waals surface area contributed by atoms with Gasteiger partial charge in [-0.05, 0) is 42.5 Å². The van der Waals surface area contributed by atoms with Gasteiger partial charge in [0.15, 0.2) is 0 Å². The van der Waals surface area contributed by atoms with Gasteiger partial charge >= 0.3 is 5.97 Å². The Hall–Kier alpha value is -5.23. The smallest absolute Gasteiger partial charge is 0.335 e. The highest BCUT2D eigenvalue weighted by atomic mass is 16.4. The first-order valence-corrected chi connectivity index (χ1v) is 11.8. The molecule has 4 heterocycles. The van der Waals surface area contributed by atoms with Crippen LogP contribution in [-0.4, -0.2) is 31.0 Å². The maximum absolute atomic E-state index is 12.1. The van der Waals surface area contributed by atoms with Crippen LogP contribution in [0.25, 0.3) is 66.1 Å². The Labute approximate surface area is 210 Å². The molecular formula is C31H18N4O2. The molecule has 0 unspecified atom stereocenters. The molecule has 4 aromatic heterocycles. The fourth-order valence-electron chi connectivity index (χ4n) is 4.82. The molecule has 0 amide bonds. The Bertz CT molecular complexity index is 1900. The van der Waals surface area contributed by atoms with Gasteiger partial charge in [-0.25, -0.2) is 14.8 Å². The largest absolute Gasteiger partial charge is 0.478 e. The van der Waals surface area contributed by atoms with E-state index in [1.165, 1.54) is 0 Å². The fourth-order valence-corrected chi connectivity index (χ4v) is 4.82. The van der Waals surface area contributed by atoms with Crippen molar-refractivity contribution < 1.29 is 9.90 Å². The number of rotatable bonds is 3. The van der Waals surface area contributed by atoms with Crippen LogP contribution in [0.4, 0.5) is 0 Å². The van der Waals surface area contributed by atoms with E-state index in [0.717, 1.165) is 43.6 Å². The maximum Gasteiger partial charge on any atom is 0.335 e. The lowest BCUT2D eigenvalue weighted by atomic mass is 9.99. The second kappa shape index (κ2) is 8.17. The lowest BCUT2D eigenvalue weighted by Gasteiger charge is -2.10. The molecule has 0 saturated carbocycles. The Morgan fingerprint density at radius 3 is 1.43 bits per heavy atom. The summed E-state index contributed by atoms with van der Waals surface area (Å²) >= 11 is 0. The first-order chi connectivity index (χ1) is 18.1. The minimum absolute atomic E-state index is 0.170. The van der Waals surface area contributed by atoms with E-state index in [2.05, 4.69) is 9.97 Å². The molecule has 174 valence electrons. The predicted octanol–water partition coefficient (Wildman–Crippen LogP) is 6.91. The van der Waals surface area contributed by atoms with Crippen LogP contribution in [0.3, 0.4) is 0 Å². The van der Waals surface area contributed by atoms with Gasteiger partial charge in [0, 0.05) is 45.1 Å². The molecule has 0 spiro atoms. The molecule has 0 radical (unpaired) electrons. The number of aromatic nitrogens is 4. The summed E-state index contributed by atoms with van der Waals surface area (Å²) in [6.45, 7) is 0. The third-order valence-electron chi connectivity index (χ3n) is 6.64. The van der Waals surface area contributed by atoms with Crippen molar-refractivity contribution in [3.8, 4) is 22.5 Å². The Balaban J connectivity index is 1.44. The maximum atomic E-state index is 12.1. The Kier molecular flexibility index (Phi) is 4.66. The van der Waals surface area contributed by atoms with Crippen LogP contribution < -0.4 is 0 Å². The summed E-state index contributed by atoms with van der Waals surface area (Å²) in [6, 6.07) is 28.9. The molecule has 7 rings (SSSR count). The highest BCUT2D eigenvalue weighted by Crippen LogP contribution is 2.31. The number of nitrogens with zero attached hydrogens (tertiary/aromatic N) is 4. The van der Waals surface area contributed by atoms with E-state index in [4.69, 9.17) is 9.97 Å². The molecule has 0 saturated heterocycles. The summed E-state index contributed by atoms with van der Waals surface area (Å²) in [4.78, 5) is 31.0. The summed E-state index contributed by atoms with van der Waals surface area (Å²) in [5, 5.41) is 13.8. The Morgan fingerprint density at radius 2 is 0.973 bits per heavy atom. The van der Waals surface area contributed by atoms with Gasteiger partial charge in [0.2, 0.25) is 0 Å². The summed E-state index contributed by atoms with van der Waals surface area (Å²) < 4.78 is 0. The van der Waals surface area contributed by atoms with Crippen LogP contribution in [0, 0.1) is 0 Å². The molecule has 0 fully saturated rings. The molecule has 0 aliphatic carbocycles. The monoisotopic (exact) mass is 478 g/mol. The number of hydrogen-bond acceptors (Lipinski definition) is 5. The predicted molar refractivity (Wildman–Crippen MR) is 145 cm³/mol. The molecule has 6 nitrogen and oxygen atoms in total. The highest BCUT2D eigenvalue weighted by molar-refractivity contribution is 6.04. The van der Waals surface area contributed by atoms with Gasteiger partial charge in [0.05, 0.1) is 39.0 Å². The van der Waals surface area contributed by atoms with Gasteiger partial charge in [-0.2, -0.15) is 0 Å². The quantitative estimate of drug-likeness (QED) is 0.278. The lowest BCUT2D eigenvalue weighted by Crippen LogP contribution is -1.99. The van der Waals surface area contributed by atoms with Crippen LogP contribution in [0.15, 0.2) is 103 Å². The van der Waals surface area contributed by atoms with E-state index >= 15 is 0 Å². The Morgan fingerprint density at radius 1 is 0.541 bits per heavy atom. The third kappa shape index (κ3) is 3.54. The second-order valence-corrected chi connectivity index (χ2v) is 8.92. The van der Waals surface area contributed by atoms with Gasteiger partial charge in [0.25, 0.3) is 0 Å². The molecule has 0 bridgehead atoms. The molecule has 0 atom stereocenters. The number of carboxylic acids is 1. The van der Waals surface area contributed by atoms with E-state index in [-0.39, 0.29) is 5.56 Å². The SMILES string of the molecule is O=C(O)c1cc(-c2ccc3ccc4cccnc4c3n2)cc(-c2ccc3ccc4cccnc4c3n2)c1. The molecule has 7 aromatic rings. The summed E-state index contributed by atoms with van der Waals surface area (Å²) in [6.07, 6.45) is 3.51. The first kappa shape index (κ1) is 21.1. The van der Waals surface area contributed by atoms with Gasteiger partial charge in [0.1, 0.15) is 0 Å². The van der Waals surface area contributed by atoms with Crippen LogP contribution in [0.5, 0.6) is 0 Å². The number of fused-ring (bicyclic) bond motifs is 6. The van der Waals surface area contributed by atoms with Crippen LogP contribution >= 0.6 is 0 Å². The van der Waals surface area contributed by atoms with E-state index in [0.29, 0.717) is 22.5 Å². The molecule has 1 N–H and O–H groups in total. The zero-order valence-corrected chi connectivity index (χ0v) is 19.5. The van der Waals surface area contributed by atoms with Crippen LogP contribution in [-0.2, 0) is 0 Å². The zero-order chi connectivity index (χ0) is 24.9. The normalized spacial score (nSPS) is 11.5. The average Bonchev–Trinajstić information content (AvgIpc) is 2.96. The van der Waals surface area contributed by atoms with Crippen molar-refractivity contribution in [1.82, 2.24) is 19.9 Å². The van der Waals surface area contributed by atoms with Crippen molar-refractivity contribution in [1.29, 1.82) is 0 Å². The lowest BCUT2D eigenvalue weighted by molar-refractivity contribution is 0.0697. The number of pyridine rings is 4. The number of carboxylic acid groups (broad SMARTS) is 1. The standard InChI is InChI=1S/C31H18N4O2/c36-31(37)24-16-22(25-11-9-20-7-5-18-3-1-13-32-27(18)29(20)34-25)15-23(17-24)26-12-10-21-8-6-19-4-2-14-33-28(19)30(21)35-26/h1-17H,(H,36,37). The number of carbonyl (C=O) groups is 1. The number of aromatic carboxylic acids is 1. The van der Waals surface area contributed by atoms with Gasteiger partial charge < -0.3 is 5.11 Å². The van der Waals surface area contributed by atoms with Gasteiger partial charge in [-0.3, -0.25) is 9.97 Å². The highest BCUT2D eigenvalue weighted by Gasteiger charge is 2.14. The topological polar surface area (TPSA) is 88.9 Å².